The molecule has 6 nitrogen and oxygen atoms in total. The van der Waals surface area contributed by atoms with Gasteiger partial charge >= 0.3 is 0 Å². The highest BCUT2D eigenvalue weighted by Crippen LogP contribution is 2.52. The van der Waals surface area contributed by atoms with Crippen LogP contribution in [0.3, 0.4) is 0 Å². The molecule has 4 N–H and O–H groups in total. The molecule has 2 aromatic rings. The van der Waals surface area contributed by atoms with Gasteiger partial charge in [-0.05, 0) is 42.0 Å². The van der Waals surface area contributed by atoms with Gasteiger partial charge in [0.1, 0.15) is 17.0 Å². The first kappa shape index (κ1) is 29.3. The van der Waals surface area contributed by atoms with Crippen LogP contribution < -0.4 is 10.6 Å². The molecule has 0 aromatic heterocycles. The number of nitrogens with one attached hydrogen (secondary N) is 2. The zero-order chi connectivity index (χ0) is 27.5. The van der Waals surface area contributed by atoms with Gasteiger partial charge in [-0.15, -0.1) is 0 Å². The van der Waals surface area contributed by atoms with Crippen LogP contribution in [0, 0.1) is 28.4 Å². The Bertz CT molecular complexity index is 1180. The van der Waals surface area contributed by atoms with Gasteiger partial charge in [0.25, 0.3) is 0 Å². The molecule has 0 bridgehead atoms. The van der Waals surface area contributed by atoms with Crippen molar-refractivity contribution >= 4 is 29.1 Å². The molecular weight excluding hydrogens is 523 g/mol. The molecule has 1 aliphatic rings. The minimum Gasteiger partial charge on any atom is -0.394 e. The summed E-state index contributed by atoms with van der Waals surface area (Å²) in [4.78, 5) is 13.5. The Kier molecular flexibility index (Phi) is 9.20. The van der Waals surface area contributed by atoms with Crippen LogP contribution >= 0.6 is 23.2 Å². The lowest BCUT2D eigenvalue weighted by atomic mass is 9.62. The third-order valence-electron chi connectivity index (χ3n) is 6.72. The summed E-state index contributed by atoms with van der Waals surface area (Å²) < 4.78 is 31.1. The van der Waals surface area contributed by atoms with E-state index in [9.17, 15) is 15.2 Å². The number of halogens is 4. The lowest BCUT2D eigenvalue weighted by Crippen LogP contribution is -2.46. The summed E-state index contributed by atoms with van der Waals surface area (Å²) in [7, 11) is 0. The number of amides is 1. The van der Waals surface area contributed by atoms with E-state index >= 15 is 8.78 Å². The normalized spacial score (nSPS) is 24.5. The van der Waals surface area contributed by atoms with Crippen LogP contribution in [-0.4, -0.2) is 47.5 Å². The van der Waals surface area contributed by atoms with Gasteiger partial charge in [-0.25, -0.2) is 8.78 Å². The molecule has 1 heterocycles. The van der Waals surface area contributed by atoms with Gasteiger partial charge in [0, 0.05) is 29.1 Å². The molecule has 5 atom stereocenters. The Labute approximate surface area is 225 Å². The van der Waals surface area contributed by atoms with E-state index in [1.807, 2.05) is 20.8 Å². The van der Waals surface area contributed by atoms with Crippen molar-refractivity contribution in [3.63, 3.8) is 0 Å². The predicted molar refractivity (Wildman–Crippen MR) is 138 cm³/mol. The van der Waals surface area contributed by atoms with E-state index in [1.54, 1.807) is 0 Å². The number of hydrogen-bond acceptors (Lipinski definition) is 5. The minimum absolute atomic E-state index is 0.00264. The monoisotopic (exact) mass is 553 g/mol. The van der Waals surface area contributed by atoms with Gasteiger partial charge in [-0.3, -0.25) is 4.79 Å². The van der Waals surface area contributed by atoms with Gasteiger partial charge in [-0.1, -0.05) is 62.2 Å². The minimum atomic E-state index is -1.71. The maximum absolute atomic E-state index is 15.5. The molecule has 0 radical (unpaired) electrons. The molecule has 0 spiro atoms. The first-order chi connectivity index (χ1) is 17.4. The quantitative estimate of drug-likeness (QED) is 0.386. The average Bonchev–Trinajstić information content (AvgIpc) is 3.13. The molecule has 0 aliphatic carbocycles. The molecular formula is C27H31Cl2F2N3O3. The van der Waals surface area contributed by atoms with Crippen molar-refractivity contribution < 1.29 is 23.8 Å². The maximum atomic E-state index is 15.5. The van der Waals surface area contributed by atoms with E-state index in [-0.39, 0.29) is 39.6 Å². The predicted octanol–water partition coefficient (Wildman–Crippen LogP) is 4.45. The molecule has 200 valence electrons. The second-order valence-corrected chi connectivity index (χ2v) is 11.4. The van der Waals surface area contributed by atoms with E-state index in [4.69, 9.17) is 28.3 Å². The summed E-state index contributed by atoms with van der Waals surface area (Å²) in [6.07, 6.45) is -0.576. The van der Waals surface area contributed by atoms with E-state index in [2.05, 4.69) is 16.7 Å². The summed E-state index contributed by atoms with van der Waals surface area (Å²) in [5, 5.41) is 35.3. The SMILES string of the molecule is CC(C)(C)CC1NC(C(=O)NCC[C@@H](O)CO)C(c2cccc(Cl)c2F)C1(C#N)c1ccc(Cl)cc1F. The number of carbonyl (C=O) groups excluding carboxylic acids is 1. The van der Waals surface area contributed by atoms with E-state index in [0.717, 1.165) is 6.07 Å². The largest absolute Gasteiger partial charge is 0.394 e. The molecule has 37 heavy (non-hydrogen) atoms. The van der Waals surface area contributed by atoms with Crippen LogP contribution in [0.5, 0.6) is 0 Å². The fourth-order valence-corrected chi connectivity index (χ4v) is 5.46. The Morgan fingerprint density at radius 3 is 2.57 bits per heavy atom. The van der Waals surface area contributed by atoms with Crippen LogP contribution in [0.2, 0.25) is 10.0 Å². The second kappa shape index (κ2) is 11.6. The van der Waals surface area contributed by atoms with Gasteiger partial charge < -0.3 is 20.8 Å². The number of carbonyl (C=O) groups is 1. The molecule has 1 aliphatic heterocycles. The smallest absolute Gasteiger partial charge is 0.237 e. The van der Waals surface area contributed by atoms with Crippen LogP contribution in [-0.2, 0) is 10.2 Å². The second-order valence-electron chi connectivity index (χ2n) is 10.6. The number of rotatable bonds is 8. The third kappa shape index (κ3) is 6.08. The van der Waals surface area contributed by atoms with Crippen molar-refractivity contribution in [1.82, 2.24) is 10.6 Å². The van der Waals surface area contributed by atoms with Crippen molar-refractivity contribution in [2.75, 3.05) is 13.2 Å². The topological polar surface area (TPSA) is 105 Å². The van der Waals surface area contributed by atoms with Gasteiger partial charge in [0.2, 0.25) is 5.91 Å². The number of hydrogen-bond donors (Lipinski definition) is 4. The summed E-state index contributed by atoms with van der Waals surface area (Å²) in [6.45, 7) is 5.42. The van der Waals surface area contributed by atoms with Crippen molar-refractivity contribution in [3.05, 3.63) is 69.2 Å². The van der Waals surface area contributed by atoms with Crippen molar-refractivity contribution in [2.45, 2.75) is 63.1 Å². The zero-order valence-electron chi connectivity index (χ0n) is 20.9. The third-order valence-corrected chi connectivity index (χ3v) is 7.25. The van der Waals surface area contributed by atoms with E-state index < -0.39 is 53.7 Å². The lowest BCUT2D eigenvalue weighted by Gasteiger charge is -2.37. The maximum Gasteiger partial charge on any atom is 0.237 e. The van der Waals surface area contributed by atoms with Crippen LogP contribution in [0.15, 0.2) is 36.4 Å². The van der Waals surface area contributed by atoms with Crippen molar-refractivity contribution in [3.8, 4) is 6.07 Å². The van der Waals surface area contributed by atoms with Crippen LogP contribution in [0.1, 0.15) is 50.7 Å². The Balaban J connectivity index is 2.24. The summed E-state index contributed by atoms with van der Waals surface area (Å²) in [6, 6.07) is 8.68. The Hall–Kier alpha value is -2.28. The number of benzene rings is 2. The molecule has 0 saturated carbocycles. The van der Waals surface area contributed by atoms with Crippen molar-refractivity contribution in [1.29, 1.82) is 5.26 Å². The highest BCUT2D eigenvalue weighted by molar-refractivity contribution is 6.31. The van der Waals surface area contributed by atoms with Crippen molar-refractivity contribution in [2.24, 2.45) is 5.41 Å². The van der Waals surface area contributed by atoms with Gasteiger partial charge in [0.05, 0.1) is 29.8 Å². The van der Waals surface area contributed by atoms with Gasteiger partial charge in [0.15, 0.2) is 0 Å². The number of nitrogens with zero attached hydrogens (tertiary/aromatic N) is 1. The highest BCUT2D eigenvalue weighted by Gasteiger charge is 2.61. The molecule has 3 rings (SSSR count). The fourth-order valence-electron chi connectivity index (χ4n) is 5.12. The summed E-state index contributed by atoms with van der Waals surface area (Å²) in [5.74, 6) is -3.26. The molecule has 10 heteroatoms. The standard InChI is InChI=1S/C27H31Cl2F2N3O3/c1-26(2,3)12-21-27(14-32,18-8-7-15(28)11-20(18)30)22(17-5-4-6-19(29)23(17)31)24(34-21)25(37)33-10-9-16(36)13-35/h4-8,11,16,21-22,24,34-36H,9-10,12-13H2,1-3H3,(H,33,37)/t16-,21?,22?,24?,27?/m1/s1. The number of nitriles is 1. The Morgan fingerprint density at radius 2 is 1.97 bits per heavy atom. The summed E-state index contributed by atoms with van der Waals surface area (Å²) in [5.41, 5.74) is -2.06. The van der Waals surface area contributed by atoms with E-state index in [0.29, 0.717) is 6.42 Å². The zero-order valence-corrected chi connectivity index (χ0v) is 22.4. The van der Waals surface area contributed by atoms with Gasteiger partial charge in [-0.2, -0.15) is 5.26 Å². The molecule has 1 fully saturated rings. The first-order valence-corrected chi connectivity index (χ1v) is 12.7. The fraction of sp³-hybridized carbons (Fsp3) is 0.481. The average molecular weight is 554 g/mol. The summed E-state index contributed by atoms with van der Waals surface area (Å²) >= 11 is 12.1. The van der Waals surface area contributed by atoms with Crippen LogP contribution in [0.4, 0.5) is 8.78 Å². The molecule has 4 unspecified atom stereocenters. The highest BCUT2D eigenvalue weighted by atomic mass is 35.5. The number of aliphatic hydroxyl groups excluding tert-OH is 2. The Morgan fingerprint density at radius 1 is 1.27 bits per heavy atom. The first-order valence-electron chi connectivity index (χ1n) is 12.0. The lowest BCUT2D eigenvalue weighted by molar-refractivity contribution is -0.123. The molecule has 1 saturated heterocycles. The van der Waals surface area contributed by atoms with Crippen LogP contribution in [0.25, 0.3) is 0 Å². The molecule has 1 amide bonds. The van der Waals surface area contributed by atoms with E-state index in [1.165, 1.54) is 30.3 Å². The number of aliphatic hydroxyl groups is 2. The molecule has 2 aromatic carbocycles.